The molecule has 0 aliphatic carbocycles. The molecular weight excluding hydrogens is 222 g/mol. The Morgan fingerprint density at radius 3 is 2.62 bits per heavy atom. The summed E-state index contributed by atoms with van der Waals surface area (Å²) < 4.78 is 0.940. The van der Waals surface area contributed by atoms with E-state index >= 15 is 0 Å². The summed E-state index contributed by atoms with van der Waals surface area (Å²) in [7, 11) is 0. The lowest BCUT2D eigenvalue weighted by molar-refractivity contribution is 0.200. The highest BCUT2D eigenvalue weighted by Crippen LogP contribution is 2.33. The predicted molar refractivity (Wildman–Crippen MR) is 64.5 cm³/mol. The minimum absolute atomic E-state index is 0.00132. The van der Waals surface area contributed by atoms with Crippen molar-refractivity contribution in [3.8, 4) is 0 Å². The van der Waals surface area contributed by atoms with Gasteiger partial charge in [0.2, 0.25) is 0 Å². The summed E-state index contributed by atoms with van der Waals surface area (Å²) in [5, 5.41) is 18.5. The Kier molecular flexibility index (Phi) is 2.67. The lowest BCUT2D eigenvalue weighted by Gasteiger charge is -2.13. The van der Waals surface area contributed by atoms with Gasteiger partial charge >= 0.3 is 0 Å². The van der Waals surface area contributed by atoms with E-state index in [4.69, 9.17) is 0 Å². The molecule has 16 heavy (non-hydrogen) atoms. The van der Waals surface area contributed by atoms with E-state index in [-0.39, 0.29) is 5.41 Å². The fourth-order valence-corrected chi connectivity index (χ4v) is 2.54. The molecule has 0 bridgehead atoms. The molecule has 5 heteroatoms. The van der Waals surface area contributed by atoms with Crippen LogP contribution in [0.15, 0.2) is 6.20 Å². The maximum absolute atomic E-state index is 9.64. The van der Waals surface area contributed by atoms with Crippen LogP contribution in [0.5, 0.6) is 0 Å². The van der Waals surface area contributed by atoms with Gasteiger partial charge in [-0.05, 0) is 6.92 Å². The fourth-order valence-electron chi connectivity index (χ4n) is 1.39. The molecule has 2 aromatic rings. The number of hydrogen-bond donors (Lipinski definition) is 1. The molecule has 86 valence electrons. The van der Waals surface area contributed by atoms with Gasteiger partial charge < -0.3 is 5.11 Å². The normalized spacial score (nSPS) is 14.3. The van der Waals surface area contributed by atoms with Crippen molar-refractivity contribution >= 4 is 21.7 Å². The van der Waals surface area contributed by atoms with E-state index in [0.717, 1.165) is 15.3 Å². The van der Waals surface area contributed by atoms with Gasteiger partial charge in [-0.25, -0.2) is 4.98 Å². The first-order valence-corrected chi connectivity index (χ1v) is 6.02. The van der Waals surface area contributed by atoms with Crippen LogP contribution >= 0.6 is 11.3 Å². The van der Waals surface area contributed by atoms with Crippen molar-refractivity contribution in [3.05, 3.63) is 16.8 Å². The molecule has 0 radical (unpaired) electrons. The number of aromatic nitrogens is 3. The number of rotatable bonds is 1. The Balaban J connectivity index is 2.66. The summed E-state index contributed by atoms with van der Waals surface area (Å²) >= 11 is 1.59. The maximum Gasteiger partial charge on any atom is 0.193 e. The molecule has 0 fully saturated rings. The third-order valence-electron chi connectivity index (χ3n) is 2.31. The summed E-state index contributed by atoms with van der Waals surface area (Å²) in [6, 6.07) is 0. The van der Waals surface area contributed by atoms with Gasteiger partial charge in [-0.2, -0.15) is 5.10 Å². The largest absolute Gasteiger partial charge is 0.389 e. The van der Waals surface area contributed by atoms with E-state index in [9.17, 15) is 5.11 Å². The first-order chi connectivity index (χ1) is 7.39. The third-order valence-corrected chi connectivity index (χ3v) is 3.83. The minimum Gasteiger partial charge on any atom is -0.389 e. The molecule has 0 spiro atoms. The lowest BCUT2D eigenvalue weighted by atomic mass is 9.98. The Bertz CT molecular complexity index is 513. The van der Waals surface area contributed by atoms with Crippen molar-refractivity contribution in [3.63, 3.8) is 0 Å². The van der Waals surface area contributed by atoms with Crippen LogP contribution in [0.1, 0.15) is 44.4 Å². The highest BCUT2D eigenvalue weighted by molar-refractivity contribution is 7.18. The molecule has 2 aromatic heterocycles. The van der Waals surface area contributed by atoms with Crippen LogP contribution in [0.3, 0.4) is 0 Å². The van der Waals surface area contributed by atoms with Crippen molar-refractivity contribution in [2.45, 2.75) is 39.2 Å². The first kappa shape index (κ1) is 11.4. The number of aliphatic hydroxyl groups is 1. The first-order valence-electron chi connectivity index (χ1n) is 5.20. The Hall–Kier alpha value is -1.07. The zero-order chi connectivity index (χ0) is 11.9. The molecule has 0 aliphatic rings. The second kappa shape index (κ2) is 3.75. The standard InChI is InChI=1S/C11H15N3OS/c1-6(15)7-5-12-14-9-8(7)16-10(13-9)11(2,3)4/h5-6,15H,1-4H3. The molecule has 2 heterocycles. The van der Waals surface area contributed by atoms with Gasteiger partial charge in [-0.1, -0.05) is 20.8 Å². The van der Waals surface area contributed by atoms with Crippen LogP contribution in [-0.4, -0.2) is 20.3 Å². The van der Waals surface area contributed by atoms with Gasteiger partial charge in [0.1, 0.15) is 5.01 Å². The quantitative estimate of drug-likeness (QED) is 0.827. The van der Waals surface area contributed by atoms with Crippen LogP contribution in [-0.2, 0) is 5.41 Å². The smallest absolute Gasteiger partial charge is 0.193 e. The number of fused-ring (bicyclic) bond motifs is 1. The summed E-state index contributed by atoms with van der Waals surface area (Å²) in [6.45, 7) is 8.06. The van der Waals surface area contributed by atoms with Crippen molar-refractivity contribution in [2.75, 3.05) is 0 Å². The highest BCUT2D eigenvalue weighted by Gasteiger charge is 2.21. The Morgan fingerprint density at radius 1 is 1.38 bits per heavy atom. The molecule has 1 unspecified atom stereocenters. The summed E-state index contributed by atoms with van der Waals surface area (Å²) in [6.07, 6.45) is 1.07. The van der Waals surface area contributed by atoms with Crippen LogP contribution in [0.4, 0.5) is 0 Å². The van der Waals surface area contributed by atoms with Gasteiger partial charge in [0, 0.05) is 11.0 Å². The van der Waals surface area contributed by atoms with E-state index < -0.39 is 6.10 Å². The van der Waals surface area contributed by atoms with E-state index in [2.05, 4.69) is 36.0 Å². The SMILES string of the molecule is CC(O)c1cnnc2nc(C(C)(C)C)sc12. The van der Waals surface area contributed by atoms with E-state index in [0.29, 0.717) is 5.65 Å². The third kappa shape index (κ3) is 1.92. The summed E-state index contributed by atoms with van der Waals surface area (Å²) in [5.41, 5.74) is 1.44. The number of aliphatic hydroxyl groups excluding tert-OH is 1. The zero-order valence-corrected chi connectivity index (χ0v) is 10.7. The number of thiazole rings is 1. The molecule has 0 aromatic carbocycles. The molecule has 0 saturated carbocycles. The second-order valence-electron chi connectivity index (χ2n) is 4.90. The highest BCUT2D eigenvalue weighted by atomic mass is 32.1. The summed E-state index contributed by atoms with van der Waals surface area (Å²) in [5.74, 6) is 0. The molecule has 0 amide bonds. The minimum atomic E-state index is -0.536. The van der Waals surface area contributed by atoms with Crippen molar-refractivity contribution in [1.82, 2.24) is 15.2 Å². The molecule has 4 nitrogen and oxygen atoms in total. The molecule has 0 aliphatic heterocycles. The van der Waals surface area contributed by atoms with Crippen LogP contribution in [0.2, 0.25) is 0 Å². The van der Waals surface area contributed by atoms with Gasteiger partial charge in [-0.15, -0.1) is 16.4 Å². The Morgan fingerprint density at radius 2 is 2.06 bits per heavy atom. The Labute approximate surface area is 98.4 Å². The van der Waals surface area contributed by atoms with E-state index in [1.54, 1.807) is 24.5 Å². The summed E-state index contributed by atoms with van der Waals surface area (Å²) in [4.78, 5) is 4.46. The molecule has 0 saturated heterocycles. The second-order valence-corrected chi connectivity index (χ2v) is 5.90. The van der Waals surface area contributed by atoms with E-state index in [1.165, 1.54) is 0 Å². The average Bonchev–Trinajstić information content (AvgIpc) is 2.59. The molecule has 1 atom stereocenters. The van der Waals surface area contributed by atoms with Crippen LogP contribution in [0, 0.1) is 0 Å². The van der Waals surface area contributed by atoms with Gasteiger partial charge in [0.25, 0.3) is 0 Å². The maximum atomic E-state index is 9.64. The number of hydrogen-bond acceptors (Lipinski definition) is 5. The predicted octanol–water partition coefficient (Wildman–Crippen LogP) is 2.44. The molecule has 1 N–H and O–H groups in total. The van der Waals surface area contributed by atoms with Crippen LogP contribution in [0.25, 0.3) is 10.3 Å². The van der Waals surface area contributed by atoms with Crippen molar-refractivity contribution in [2.24, 2.45) is 0 Å². The molecular formula is C11H15N3OS. The van der Waals surface area contributed by atoms with Crippen molar-refractivity contribution in [1.29, 1.82) is 0 Å². The topological polar surface area (TPSA) is 58.9 Å². The zero-order valence-electron chi connectivity index (χ0n) is 9.85. The van der Waals surface area contributed by atoms with Crippen LogP contribution < -0.4 is 0 Å². The average molecular weight is 237 g/mol. The van der Waals surface area contributed by atoms with E-state index in [1.807, 2.05) is 0 Å². The molecule has 2 rings (SSSR count). The van der Waals surface area contributed by atoms with Crippen molar-refractivity contribution < 1.29 is 5.11 Å². The monoisotopic (exact) mass is 237 g/mol. The number of nitrogens with zero attached hydrogens (tertiary/aromatic N) is 3. The fraction of sp³-hybridized carbons (Fsp3) is 0.545. The van der Waals surface area contributed by atoms with Gasteiger partial charge in [0.15, 0.2) is 5.65 Å². The van der Waals surface area contributed by atoms with Gasteiger partial charge in [0.05, 0.1) is 17.0 Å². The van der Waals surface area contributed by atoms with Gasteiger partial charge in [-0.3, -0.25) is 0 Å². The lowest BCUT2D eigenvalue weighted by Crippen LogP contribution is -2.09.